The number of nitrogens with two attached hydrogens (primary N) is 1. The number of fused-ring (bicyclic) bond motifs is 1. The van der Waals surface area contributed by atoms with Gasteiger partial charge in [-0.2, -0.15) is 10.4 Å². The van der Waals surface area contributed by atoms with Crippen molar-refractivity contribution < 1.29 is 5.11 Å². The first-order valence-corrected chi connectivity index (χ1v) is 6.88. The number of nitriles is 1. The van der Waals surface area contributed by atoms with Crippen LogP contribution in [0.4, 0.5) is 5.82 Å². The topological polar surface area (TPSA) is 100 Å². The summed E-state index contributed by atoms with van der Waals surface area (Å²) in [6.45, 7) is -0.174. The summed E-state index contributed by atoms with van der Waals surface area (Å²) >= 11 is 3.46. The summed E-state index contributed by atoms with van der Waals surface area (Å²) in [7, 11) is 0. The van der Waals surface area contributed by atoms with E-state index in [1.165, 1.54) is 0 Å². The number of rotatable bonds is 2. The van der Waals surface area contributed by atoms with E-state index in [2.05, 4.69) is 32.1 Å². The van der Waals surface area contributed by atoms with E-state index >= 15 is 0 Å². The molecule has 0 saturated heterocycles. The van der Waals surface area contributed by atoms with Crippen LogP contribution in [-0.4, -0.2) is 19.7 Å². The van der Waals surface area contributed by atoms with Gasteiger partial charge >= 0.3 is 0 Å². The van der Waals surface area contributed by atoms with E-state index in [1.54, 1.807) is 28.8 Å². The number of nitrogens with zero attached hydrogens (tertiary/aromatic N) is 4. The summed E-state index contributed by atoms with van der Waals surface area (Å²) < 4.78 is 2.20. The first kappa shape index (κ1) is 13.5. The van der Waals surface area contributed by atoms with Gasteiger partial charge in [-0.25, -0.2) is 9.50 Å². The highest BCUT2D eigenvalue weighted by Crippen LogP contribution is 2.30. The smallest absolute Gasteiger partial charge is 0.150 e. The summed E-state index contributed by atoms with van der Waals surface area (Å²) in [6, 6.07) is 10.9. The number of anilines is 1. The molecule has 0 atom stereocenters. The molecule has 1 aromatic carbocycles. The van der Waals surface area contributed by atoms with Gasteiger partial charge in [-0.05, 0) is 34.1 Å². The zero-order valence-corrected chi connectivity index (χ0v) is 12.4. The monoisotopic (exact) mass is 343 g/mol. The van der Waals surface area contributed by atoms with Gasteiger partial charge in [0.25, 0.3) is 0 Å². The standard InChI is InChI=1S/C14H10BrN5O/c15-13-12(9-3-1-2-8(4-9)6-16)18-14(17)11-5-10(7-21)19-20(11)13/h1-5,21H,7H2,(H2,17,18). The van der Waals surface area contributed by atoms with Crippen molar-refractivity contribution >= 4 is 27.3 Å². The number of benzene rings is 1. The molecule has 0 saturated carbocycles. The molecule has 0 amide bonds. The second-order valence-corrected chi connectivity index (χ2v) is 5.17. The molecule has 104 valence electrons. The molecule has 6 nitrogen and oxygen atoms in total. The molecule has 3 aromatic rings. The lowest BCUT2D eigenvalue weighted by Gasteiger charge is -2.08. The average Bonchev–Trinajstić information content (AvgIpc) is 2.96. The third kappa shape index (κ3) is 2.24. The van der Waals surface area contributed by atoms with E-state index < -0.39 is 0 Å². The quantitative estimate of drug-likeness (QED) is 0.742. The van der Waals surface area contributed by atoms with Gasteiger partial charge in [-0.3, -0.25) is 0 Å². The normalized spacial score (nSPS) is 10.7. The van der Waals surface area contributed by atoms with Gasteiger partial charge in [-0.1, -0.05) is 12.1 Å². The van der Waals surface area contributed by atoms with E-state index in [1.807, 2.05) is 6.07 Å². The molecular formula is C14H10BrN5O. The lowest BCUT2D eigenvalue weighted by atomic mass is 10.1. The van der Waals surface area contributed by atoms with E-state index in [9.17, 15) is 5.11 Å². The molecule has 7 heteroatoms. The van der Waals surface area contributed by atoms with Gasteiger partial charge in [-0.15, -0.1) is 0 Å². The first-order valence-electron chi connectivity index (χ1n) is 6.09. The Morgan fingerprint density at radius 3 is 2.90 bits per heavy atom. The summed E-state index contributed by atoms with van der Waals surface area (Å²) in [5.74, 6) is 0.308. The fourth-order valence-corrected chi connectivity index (χ4v) is 2.67. The summed E-state index contributed by atoms with van der Waals surface area (Å²) in [5.41, 5.74) is 8.97. The number of aliphatic hydroxyl groups is 1. The molecule has 0 bridgehead atoms. The minimum atomic E-state index is -0.174. The molecule has 0 aliphatic carbocycles. The highest BCUT2D eigenvalue weighted by molar-refractivity contribution is 9.10. The predicted molar refractivity (Wildman–Crippen MR) is 81.2 cm³/mol. The van der Waals surface area contributed by atoms with Crippen LogP contribution in [0.25, 0.3) is 16.8 Å². The highest BCUT2D eigenvalue weighted by atomic mass is 79.9. The molecule has 3 N–H and O–H groups in total. The third-order valence-corrected chi connectivity index (χ3v) is 3.77. The molecule has 2 heterocycles. The van der Waals surface area contributed by atoms with Gasteiger partial charge < -0.3 is 10.8 Å². The maximum Gasteiger partial charge on any atom is 0.150 e. The largest absolute Gasteiger partial charge is 0.390 e. The molecule has 0 aliphatic rings. The van der Waals surface area contributed by atoms with Crippen LogP contribution >= 0.6 is 15.9 Å². The predicted octanol–water partition coefficient (Wildman–Crippen LogP) is 2.10. The second kappa shape index (κ2) is 5.16. The van der Waals surface area contributed by atoms with Gasteiger partial charge in [0.15, 0.2) is 0 Å². The zero-order chi connectivity index (χ0) is 15.0. The van der Waals surface area contributed by atoms with Crippen molar-refractivity contribution in [3.63, 3.8) is 0 Å². The number of hydrogen-bond donors (Lipinski definition) is 2. The van der Waals surface area contributed by atoms with Crippen molar-refractivity contribution in [3.05, 3.63) is 46.2 Å². The Morgan fingerprint density at radius 2 is 2.19 bits per heavy atom. The van der Waals surface area contributed by atoms with Crippen LogP contribution in [0, 0.1) is 11.3 Å². The maximum atomic E-state index is 9.19. The van der Waals surface area contributed by atoms with Crippen LogP contribution in [0.15, 0.2) is 34.9 Å². The molecule has 0 spiro atoms. The number of halogens is 1. The van der Waals surface area contributed by atoms with Gasteiger partial charge in [0.05, 0.1) is 23.9 Å². The SMILES string of the molecule is N#Cc1cccc(-c2nc(N)c3cc(CO)nn3c2Br)c1. The van der Waals surface area contributed by atoms with E-state index in [-0.39, 0.29) is 6.61 Å². The first-order chi connectivity index (χ1) is 10.1. The van der Waals surface area contributed by atoms with Crippen LogP contribution in [0.1, 0.15) is 11.3 Å². The molecule has 0 fully saturated rings. The molecule has 3 rings (SSSR count). The van der Waals surface area contributed by atoms with Gasteiger partial charge in [0.2, 0.25) is 0 Å². The van der Waals surface area contributed by atoms with Crippen molar-refractivity contribution in [1.82, 2.24) is 14.6 Å². The van der Waals surface area contributed by atoms with Gasteiger partial charge in [0, 0.05) is 5.56 Å². The number of nitrogen functional groups attached to an aromatic ring is 1. The summed E-state index contributed by atoms with van der Waals surface area (Å²) in [6.07, 6.45) is 0. The number of aliphatic hydroxyl groups excluding tert-OH is 1. The van der Waals surface area contributed by atoms with E-state index in [0.717, 1.165) is 5.56 Å². The lowest BCUT2D eigenvalue weighted by Crippen LogP contribution is -2.02. The molecule has 2 aromatic heterocycles. The maximum absolute atomic E-state index is 9.19. The molecule has 21 heavy (non-hydrogen) atoms. The van der Waals surface area contributed by atoms with Gasteiger partial charge in [0.1, 0.15) is 21.6 Å². The molecule has 0 unspecified atom stereocenters. The number of aromatic nitrogens is 3. The van der Waals surface area contributed by atoms with Crippen molar-refractivity contribution in [2.45, 2.75) is 6.61 Å². The molecule has 0 aliphatic heterocycles. The Balaban J connectivity index is 2.28. The Kier molecular flexibility index (Phi) is 3.33. The second-order valence-electron chi connectivity index (χ2n) is 4.42. The van der Waals surface area contributed by atoms with E-state index in [4.69, 9.17) is 11.0 Å². The summed E-state index contributed by atoms with van der Waals surface area (Å²) in [4.78, 5) is 4.37. The summed E-state index contributed by atoms with van der Waals surface area (Å²) in [5, 5.41) is 22.4. The fourth-order valence-electron chi connectivity index (χ4n) is 2.08. The minimum Gasteiger partial charge on any atom is -0.390 e. The third-order valence-electron chi connectivity index (χ3n) is 3.06. The fraction of sp³-hybridized carbons (Fsp3) is 0.0714. The Bertz CT molecular complexity index is 881. The lowest BCUT2D eigenvalue weighted by molar-refractivity contribution is 0.276. The highest BCUT2D eigenvalue weighted by Gasteiger charge is 2.15. The number of hydrogen-bond acceptors (Lipinski definition) is 5. The minimum absolute atomic E-state index is 0.174. The molecular weight excluding hydrogens is 334 g/mol. The van der Waals surface area contributed by atoms with Crippen LogP contribution in [0.3, 0.4) is 0 Å². The van der Waals surface area contributed by atoms with Crippen LogP contribution in [0.5, 0.6) is 0 Å². The average molecular weight is 344 g/mol. The van der Waals surface area contributed by atoms with Crippen LogP contribution in [-0.2, 0) is 6.61 Å². The van der Waals surface area contributed by atoms with Crippen molar-refractivity contribution in [2.24, 2.45) is 0 Å². The molecule has 0 radical (unpaired) electrons. The van der Waals surface area contributed by atoms with Crippen molar-refractivity contribution in [1.29, 1.82) is 5.26 Å². The Hall–Kier alpha value is -2.43. The van der Waals surface area contributed by atoms with Crippen molar-refractivity contribution in [3.8, 4) is 17.3 Å². The Labute approximate surface area is 128 Å². The van der Waals surface area contributed by atoms with Crippen LogP contribution < -0.4 is 5.73 Å². The van der Waals surface area contributed by atoms with Crippen LogP contribution in [0.2, 0.25) is 0 Å². The van der Waals surface area contributed by atoms with E-state index in [0.29, 0.717) is 32.9 Å². The Morgan fingerprint density at radius 1 is 1.38 bits per heavy atom. The zero-order valence-electron chi connectivity index (χ0n) is 10.8. The van der Waals surface area contributed by atoms with Crippen molar-refractivity contribution in [2.75, 3.05) is 5.73 Å².